The number of aryl methyl sites for hydroxylation is 1. The summed E-state index contributed by atoms with van der Waals surface area (Å²) in [5.74, 6) is 0. The zero-order chi connectivity index (χ0) is 10.8. The highest BCUT2D eigenvalue weighted by Gasteiger charge is 2.05. The van der Waals surface area contributed by atoms with Gasteiger partial charge in [-0.2, -0.15) is 0 Å². The molecular weight excluding hydrogens is 248 g/mol. The van der Waals surface area contributed by atoms with E-state index in [2.05, 4.69) is 66.2 Å². The fourth-order valence-electron chi connectivity index (χ4n) is 1.99. The zero-order valence-corrected chi connectivity index (χ0v) is 10.7. The van der Waals surface area contributed by atoms with Gasteiger partial charge in [-0.05, 0) is 35.2 Å². The maximum atomic E-state index is 3.62. The molecule has 0 spiro atoms. The highest BCUT2D eigenvalue weighted by Crippen LogP contribution is 2.24. The average Bonchev–Trinajstić information content (AvgIpc) is 2.22. The first-order valence-electron chi connectivity index (χ1n) is 5.30. The van der Waals surface area contributed by atoms with Crippen LogP contribution in [-0.4, -0.2) is 4.83 Å². The Hall–Kier alpha value is -0.820. The van der Waals surface area contributed by atoms with Gasteiger partial charge in [0, 0.05) is 4.83 Å². The molecule has 0 aliphatic heterocycles. The number of alkyl halides is 1. The molecule has 2 aromatic carbocycles. The summed E-state index contributed by atoms with van der Waals surface area (Å²) in [5, 5.41) is 2.77. The van der Waals surface area contributed by atoms with Crippen LogP contribution >= 0.6 is 15.9 Å². The monoisotopic (exact) mass is 262 g/mol. The van der Waals surface area contributed by atoms with Crippen molar-refractivity contribution < 1.29 is 0 Å². The molecule has 0 radical (unpaired) electrons. The van der Waals surface area contributed by atoms with Crippen molar-refractivity contribution in [2.45, 2.75) is 25.1 Å². The fourth-order valence-corrected chi connectivity index (χ4v) is 2.34. The van der Waals surface area contributed by atoms with Gasteiger partial charge in [0.2, 0.25) is 0 Å². The maximum absolute atomic E-state index is 3.62. The summed E-state index contributed by atoms with van der Waals surface area (Å²) in [6, 6.07) is 13.1. The molecule has 15 heavy (non-hydrogen) atoms. The van der Waals surface area contributed by atoms with Gasteiger partial charge in [-0.3, -0.25) is 0 Å². The highest BCUT2D eigenvalue weighted by atomic mass is 79.9. The normalized spacial score (nSPS) is 13.0. The van der Waals surface area contributed by atoms with Crippen LogP contribution in [-0.2, 0) is 6.42 Å². The molecule has 0 fully saturated rings. The van der Waals surface area contributed by atoms with E-state index in [1.54, 1.807) is 0 Å². The first kappa shape index (κ1) is 10.7. The van der Waals surface area contributed by atoms with Crippen molar-refractivity contribution in [3.63, 3.8) is 0 Å². The Kier molecular flexibility index (Phi) is 3.11. The van der Waals surface area contributed by atoms with Crippen LogP contribution in [0.2, 0.25) is 0 Å². The summed E-state index contributed by atoms with van der Waals surface area (Å²) in [6.45, 7) is 4.36. The second-order valence-corrected chi connectivity index (χ2v) is 5.64. The molecule has 0 saturated carbocycles. The lowest BCUT2D eigenvalue weighted by molar-refractivity contribution is 0.968. The van der Waals surface area contributed by atoms with E-state index in [0.717, 1.165) is 6.42 Å². The Morgan fingerprint density at radius 1 is 1.07 bits per heavy atom. The van der Waals surface area contributed by atoms with Gasteiger partial charge in [-0.15, -0.1) is 0 Å². The molecule has 0 aromatic heterocycles. The lowest BCUT2D eigenvalue weighted by Gasteiger charge is -2.10. The molecule has 0 saturated heterocycles. The van der Waals surface area contributed by atoms with Crippen molar-refractivity contribution in [1.29, 1.82) is 0 Å². The molecule has 0 aliphatic rings. The molecule has 1 heteroatoms. The minimum Gasteiger partial charge on any atom is -0.0890 e. The Morgan fingerprint density at radius 2 is 1.73 bits per heavy atom. The van der Waals surface area contributed by atoms with E-state index in [-0.39, 0.29) is 0 Å². The van der Waals surface area contributed by atoms with Crippen molar-refractivity contribution in [1.82, 2.24) is 0 Å². The smallest absolute Gasteiger partial charge is 0.0158 e. The second kappa shape index (κ2) is 4.36. The Balaban J connectivity index is 2.61. The lowest BCUT2D eigenvalue weighted by atomic mass is 9.98. The topological polar surface area (TPSA) is 0 Å². The van der Waals surface area contributed by atoms with Gasteiger partial charge >= 0.3 is 0 Å². The van der Waals surface area contributed by atoms with E-state index in [0.29, 0.717) is 4.83 Å². The second-order valence-electron chi connectivity index (χ2n) is 4.07. The molecule has 2 rings (SSSR count). The maximum Gasteiger partial charge on any atom is 0.0158 e. The van der Waals surface area contributed by atoms with E-state index in [1.807, 2.05) is 0 Å². The van der Waals surface area contributed by atoms with Gasteiger partial charge in [0.15, 0.2) is 0 Å². The van der Waals surface area contributed by atoms with E-state index >= 15 is 0 Å². The van der Waals surface area contributed by atoms with Crippen LogP contribution in [0.3, 0.4) is 0 Å². The average molecular weight is 263 g/mol. The summed E-state index contributed by atoms with van der Waals surface area (Å²) in [7, 11) is 0. The number of halogens is 1. The summed E-state index contributed by atoms with van der Waals surface area (Å²) < 4.78 is 0. The predicted octanol–water partition coefficient (Wildman–Crippen LogP) is 4.47. The summed E-state index contributed by atoms with van der Waals surface area (Å²) in [4.78, 5) is 0.531. The molecule has 78 valence electrons. The SMILES string of the molecule is Cc1ccc(CC(C)Br)c2ccccc12. The molecule has 0 bridgehead atoms. The van der Waals surface area contributed by atoms with E-state index in [1.165, 1.54) is 21.9 Å². The Morgan fingerprint density at radius 3 is 2.40 bits per heavy atom. The first-order chi connectivity index (χ1) is 7.18. The molecule has 0 nitrogen and oxygen atoms in total. The Bertz CT molecular complexity index is 472. The molecule has 0 amide bonds. The molecule has 0 N–H and O–H groups in total. The lowest BCUT2D eigenvalue weighted by Crippen LogP contribution is -1.97. The summed E-state index contributed by atoms with van der Waals surface area (Å²) in [5.41, 5.74) is 2.79. The Labute approximate surface area is 99.4 Å². The predicted molar refractivity (Wildman–Crippen MR) is 70.8 cm³/mol. The van der Waals surface area contributed by atoms with Crippen LogP contribution < -0.4 is 0 Å². The van der Waals surface area contributed by atoms with Crippen molar-refractivity contribution >= 4 is 26.7 Å². The number of rotatable bonds is 2. The van der Waals surface area contributed by atoms with Gasteiger partial charge in [-0.1, -0.05) is 59.3 Å². The van der Waals surface area contributed by atoms with Gasteiger partial charge in [-0.25, -0.2) is 0 Å². The quantitative estimate of drug-likeness (QED) is 0.701. The van der Waals surface area contributed by atoms with Crippen LogP contribution in [0.15, 0.2) is 36.4 Å². The number of benzene rings is 2. The van der Waals surface area contributed by atoms with Gasteiger partial charge < -0.3 is 0 Å². The van der Waals surface area contributed by atoms with Crippen molar-refractivity contribution in [3.05, 3.63) is 47.5 Å². The van der Waals surface area contributed by atoms with E-state index in [9.17, 15) is 0 Å². The van der Waals surface area contributed by atoms with Crippen LogP contribution in [0.25, 0.3) is 10.8 Å². The highest BCUT2D eigenvalue weighted by molar-refractivity contribution is 9.09. The molecule has 0 aliphatic carbocycles. The minimum atomic E-state index is 0.531. The first-order valence-corrected chi connectivity index (χ1v) is 6.21. The molecule has 0 heterocycles. The number of fused-ring (bicyclic) bond motifs is 1. The fraction of sp³-hybridized carbons (Fsp3) is 0.286. The van der Waals surface area contributed by atoms with Crippen LogP contribution in [0.5, 0.6) is 0 Å². The molecule has 2 aromatic rings. The largest absolute Gasteiger partial charge is 0.0890 e. The third kappa shape index (κ3) is 2.23. The van der Waals surface area contributed by atoms with Crippen molar-refractivity contribution in [3.8, 4) is 0 Å². The van der Waals surface area contributed by atoms with Crippen molar-refractivity contribution in [2.24, 2.45) is 0 Å². The minimum absolute atomic E-state index is 0.531. The third-order valence-electron chi connectivity index (χ3n) is 2.73. The van der Waals surface area contributed by atoms with E-state index in [4.69, 9.17) is 0 Å². The molecule has 1 unspecified atom stereocenters. The molecule has 1 atom stereocenters. The molecular formula is C14H15Br. The summed E-state index contributed by atoms with van der Waals surface area (Å²) >= 11 is 3.62. The van der Waals surface area contributed by atoms with Crippen molar-refractivity contribution in [2.75, 3.05) is 0 Å². The van der Waals surface area contributed by atoms with Gasteiger partial charge in [0.25, 0.3) is 0 Å². The van der Waals surface area contributed by atoms with Crippen LogP contribution in [0.4, 0.5) is 0 Å². The van der Waals surface area contributed by atoms with Crippen LogP contribution in [0.1, 0.15) is 18.1 Å². The third-order valence-corrected chi connectivity index (χ3v) is 3.06. The standard InChI is InChI=1S/C14H15Br/c1-10-7-8-12(9-11(2)15)14-6-4-3-5-13(10)14/h3-8,11H,9H2,1-2H3. The van der Waals surface area contributed by atoms with E-state index < -0.39 is 0 Å². The van der Waals surface area contributed by atoms with Gasteiger partial charge in [0.1, 0.15) is 0 Å². The number of hydrogen-bond donors (Lipinski definition) is 0. The summed E-state index contributed by atoms with van der Waals surface area (Å²) in [6.07, 6.45) is 1.08. The van der Waals surface area contributed by atoms with Crippen LogP contribution in [0, 0.1) is 6.92 Å². The number of hydrogen-bond acceptors (Lipinski definition) is 0. The zero-order valence-electron chi connectivity index (χ0n) is 9.13. The van der Waals surface area contributed by atoms with Gasteiger partial charge in [0.05, 0.1) is 0 Å².